The quantitative estimate of drug-likeness (QED) is 0.266. The fraction of sp³-hybridized carbons (Fsp3) is 0.423. The van der Waals surface area contributed by atoms with Gasteiger partial charge < -0.3 is 9.47 Å². The van der Waals surface area contributed by atoms with Crippen LogP contribution >= 0.6 is 0 Å². The first-order chi connectivity index (χ1) is 14.6. The third-order valence-corrected chi connectivity index (χ3v) is 4.91. The van der Waals surface area contributed by atoms with Gasteiger partial charge in [0.1, 0.15) is 6.04 Å². The highest BCUT2D eigenvalue weighted by atomic mass is 16.5. The highest BCUT2D eigenvalue weighted by Crippen LogP contribution is 2.14. The molecule has 30 heavy (non-hydrogen) atoms. The molecule has 0 spiro atoms. The summed E-state index contributed by atoms with van der Waals surface area (Å²) in [6, 6.07) is 19.9. The smallest absolute Gasteiger partial charge is 0.323 e. The number of esters is 1. The van der Waals surface area contributed by atoms with E-state index in [1.54, 1.807) is 0 Å². The topological polar surface area (TPSA) is 47.6 Å². The minimum atomic E-state index is -0.394. The van der Waals surface area contributed by atoms with Crippen molar-refractivity contribution >= 4 is 5.97 Å². The molecule has 0 aliphatic rings. The van der Waals surface area contributed by atoms with E-state index in [0.717, 1.165) is 24.0 Å². The van der Waals surface area contributed by atoms with Crippen molar-refractivity contribution < 1.29 is 14.3 Å². The van der Waals surface area contributed by atoms with Gasteiger partial charge in [-0.15, -0.1) is 0 Å². The maximum absolute atomic E-state index is 12.6. The summed E-state index contributed by atoms with van der Waals surface area (Å²) < 4.78 is 11.4. The van der Waals surface area contributed by atoms with Crippen molar-refractivity contribution in [2.75, 3.05) is 6.61 Å². The van der Waals surface area contributed by atoms with E-state index in [0.29, 0.717) is 19.6 Å². The van der Waals surface area contributed by atoms with Crippen molar-refractivity contribution in [1.82, 2.24) is 5.32 Å². The van der Waals surface area contributed by atoms with E-state index < -0.39 is 6.04 Å². The van der Waals surface area contributed by atoms with E-state index in [1.165, 1.54) is 0 Å². The molecule has 0 fully saturated rings. The van der Waals surface area contributed by atoms with Crippen molar-refractivity contribution in [3.05, 3.63) is 83.9 Å². The molecule has 0 aliphatic heterocycles. The lowest BCUT2D eigenvalue weighted by atomic mass is 10.1. The molecule has 1 N–H and O–H groups in total. The molecule has 2 aromatic carbocycles. The molecule has 0 amide bonds. The Hall–Kier alpha value is -2.43. The highest BCUT2D eigenvalue weighted by Gasteiger charge is 2.21. The number of rotatable bonds is 13. The van der Waals surface area contributed by atoms with Crippen molar-refractivity contribution in [2.45, 2.75) is 64.8 Å². The number of hydrogen-bond donors (Lipinski definition) is 1. The van der Waals surface area contributed by atoms with E-state index >= 15 is 0 Å². The fourth-order valence-corrected chi connectivity index (χ4v) is 3.05. The molecule has 0 bridgehead atoms. The zero-order chi connectivity index (χ0) is 21.6. The second kappa shape index (κ2) is 13.7. The molecule has 0 saturated carbocycles. The van der Waals surface area contributed by atoms with Crippen molar-refractivity contribution in [2.24, 2.45) is 0 Å². The van der Waals surface area contributed by atoms with Crippen molar-refractivity contribution in [3.63, 3.8) is 0 Å². The summed E-state index contributed by atoms with van der Waals surface area (Å²) in [4.78, 5) is 12.6. The second-order valence-electron chi connectivity index (χ2n) is 7.54. The zero-order valence-electron chi connectivity index (χ0n) is 18.4. The van der Waals surface area contributed by atoms with Gasteiger partial charge in [0, 0.05) is 6.04 Å². The maximum Gasteiger partial charge on any atom is 0.323 e. The number of carbonyl (C=O) groups excluding carboxylic acids is 1. The fourth-order valence-electron chi connectivity index (χ4n) is 3.05. The number of carbonyl (C=O) groups is 1. The Kier molecular flexibility index (Phi) is 10.9. The van der Waals surface area contributed by atoms with Crippen LogP contribution in [0.2, 0.25) is 0 Å². The van der Waals surface area contributed by atoms with Crippen LogP contribution in [0.25, 0.3) is 0 Å². The number of nitrogens with one attached hydrogen (secondary N) is 1. The molecule has 2 aromatic rings. The van der Waals surface area contributed by atoms with Gasteiger partial charge in [0.05, 0.1) is 19.3 Å². The lowest BCUT2D eigenvalue weighted by molar-refractivity contribution is -0.146. The Balaban J connectivity index is 1.90. The normalized spacial score (nSPS) is 14.4. The standard InChI is InChI=1S/C26H35NO3/c1-4-5-19-29-26(28)25(27-22(3)24-16-10-7-11-17-24)18-12-13-21(2)30-20-23-14-8-6-9-15-23/h6-17,21-22,25,27H,4-5,18-20H2,1-3H3/b13-12+/t21-,22-,25+/m0/s1. The molecule has 0 aromatic heterocycles. The van der Waals surface area contributed by atoms with Crippen molar-refractivity contribution in [1.29, 1.82) is 0 Å². The lowest BCUT2D eigenvalue weighted by Gasteiger charge is -2.22. The van der Waals surface area contributed by atoms with Gasteiger partial charge in [0.2, 0.25) is 0 Å². The van der Waals surface area contributed by atoms with Gasteiger partial charge in [-0.25, -0.2) is 0 Å². The van der Waals surface area contributed by atoms with Crippen LogP contribution in [-0.4, -0.2) is 24.7 Å². The largest absolute Gasteiger partial charge is 0.465 e. The van der Waals surface area contributed by atoms with Gasteiger partial charge in [-0.05, 0) is 37.8 Å². The average molecular weight is 410 g/mol. The number of benzene rings is 2. The SMILES string of the molecule is CCCCOC(=O)[C@@H](C/C=C/[C@H](C)OCc1ccccc1)N[C@@H](C)c1ccccc1. The van der Waals surface area contributed by atoms with Crippen LogP contribution in [0.1, 0.15) is 57.2 Å². The molecule has 162 valence electrons. The minimum Gasteiger partial charge on any atom is -0.465 e. The zero-order valence-corrected chi connectivity index (χ0v) is 18.4. The van der Waals surface area contributed by atoms with Crippen LogP contribution in [0, 0.1) is 0 Å². The van der Waals surface area contributed by atoms with E-state index in [9.17, 15) is 4.79 Å². The van der Waals surface area contributed by atoms with E-state index in [4.69, 9.17) is 9.47 Å². The molecule has 0 saturated heterocycles. The third-order valence-electron chi connectivity index (χ3n) is 4.91. The number of ether oxygens (including phenoxy) is 2. The molecular weight excluding hydrogens is 374 g/mol. The molecule has 4 nitrogen and oxygen atoms in total. The monoisotopic (exact) mass is 409 g/mol. The van der Waals surface area contributed by atoms with E-state index in [-0.39, 0.29) is 18.1 Å². The minimum absolute atomic E-state index is 0.0338. The molecule has 0 aliphatic carbocycles. The lowest BCUT2D eigenvalue weighted by Crippen LogP contribution is -2.39. The van der Waals surface area contributed by atoms with Crippen LogP contribution in [0.5, 0.6) is 0 Å². The van der Waals surface area contributed by atoms with Gasteiger partial charge in [0.15, 0.2) is 0 Å². The Bertz CT molecular complexity index is 745. The molecule has 0 heterocycles. The summed E-state index contributed by atoms with van der Waals surface area (Å²) in [6.45, 7) is 7.19. The number of unbranched alkanes of at least 4 members (excludes halogenated alkanes) is 1. The molecule has 4 heteroatoms. The molecular formula is C26H35NO3. The van der Waals surface area contributed by atoms with Crippen molar-refractivity contribution in [3.8, 4) is 0 Å². The summed E-state index contributed by atoms with van der Waals surface area (Å²) in [5.41, 5.74) is 2.29. The van der Waals surface area contributed by atoms with Gasteiger partial charge in [-0.1, -0.05) is 86.2 Å². The summed E-state index contributed by atoms with van der Waals surface area (Å²) >= 11 is 0. The first-order valence-corrected chi connectivity index (χ1v) is 10.9. The second-order valence-corrected chi connectivity index (χ2v) is 7.54. The predicted molar refractivity (Wildman–Crippen MR) is 122 cm³/mol. The Morgan fingerprint density at radius 2 is 1.70 bits per heavy atom. The first-order valence-electron chi connectivity index (χ1n) is 10.9. The highest BCUT2D eigenvalue weighted by molar-refractivity contribution is 5.76. The molecule has 3 atom stereocenters. The molecule has 2 rings (SSSR count). The summed E-state index contributed by atoms with van der Waals surface area (Å²) in [7, 11) is 0. The third kappa shape index (κ3) is 8.93. The Morgan fingerprint density at radius 1 is 1.03 bits per heavy atom. The predicted octanol–water partition coefficient (Wildman–Crippen LogP) is 5.60. The first kappa shape index (κ1) is 23.8. The van der Waals surface area contributed by atoms with Gasteiger partial charge >= 0.3 is 5.97 Å². The average Bonchev–Trinajstić information content (AvgIpc) is 2.78. The van der Waals surface area contributed by atoms with Gasteiger partial charge in [-0.2, -0.15) is 0 Å². The van der Waals surface area contributed by atoms with Crippen LogP contribution in [0.15, 0.2) is 72.8 Å². The van der Waals surface area contributed by atoms with Gasteiger partial charge in [0.25, 0.3) is 0 Å². The summed E-state index contributed by atoms with van der Waals surface area (Å²) in [6.07, 6.45) is 6.42. The molecule has 0 unspecified atom stereocenters. The Labute approximate surface area is 181 Å². The Morgan fingerprint density at radius 3 is 2.37 bits per heavy atom. The van der Waals surface area contributed by atoms with Crippen LogP contribution in [-0.2, 0) is 20.9 Å². The van der Waals surface area contributed by atoms with Gasteiger partial charge in [-0.3, -0.25) is 10.1 Å². The van der Waals surface area contributed by atoms with Crippen LogP contribution in [0.4, 0.5) is 0 Å². The van der Waals surface area contributed by atoms with E-state index in [1.807, 2.05) is 67.6 Å². The maximum atomic E-state index is 12.6. The van der Waals surface area contributed by atoms with E-state index in [2.05, 4.69) is 31.3 Å². The molecule has 0 radical (unpaired) electrons. The van der Waals surface area contributed by atoms with Crippen LogP contribution in [0.3, 0.4) is 0 Å². The number of hydrogen-bond acceptors (Lipinski definition) is 4. The summed E-state index contributed by atoms with van der Waals surface area (Å²) in [5, 5.41) is 3.42. The van der Waals surface area contributed by atoms with Crippen LogP contribution < -0.4 is 5.32 Å². The summed E-state index contributed by atoms with van der Waals surface area (Å²) in [5.74, 6) is -0.200.